The highest BCUT2D eigenvalue weighted by atomic mass is 32.3. The highest BCUT2D eigenvalue weighted by molar-refractivity contribution is 8.24. The minimum Gasteiger partial charge on any atom is -0.440 e. The topological polar surface area (TPSA) is 123 Å². The van der Waals surface area contributed by atoms with E-state index in [4.69, 9.17) is 9.40 Å². The van der Waals surface area contributed by atoms with E-state index in [-0.39, 0.29) is 12.8 Å². The van der Waals surface area contributed by atoms with E-state index in [1.54, 1.807) is 0 Å². The molecular weight excluding hydrogens is 526 g/mol. The molecule has 3 aliphatic rings. The monoisotopic (exact) mass is 562 g/mol. The number of hydrogen-bond donors (Lipinski definition) is 3. The number of nitrogens with one attached hydrogen (secondary N) is 1. The quantitative estimate of drug-likeness (QED) is 0.415. The summed E-state index contributed by atoms with van der Waals surface area (Å²) in [5, 5.41) is 12.2. The zero-order chi connectivity index (χ0) is 28.2. The Morgan fingerprint density at radius 2 is 1.82 bits per heavy atom. The fourth-order valence-corrected chi connectivity index (χ4v) is 6.60. The Labute approximate surface area is 229 Å². The fraction of sp³-hybridized carbons (Fsp3) is 0.607. The SMILES string of the molecule is CC(C)(C)c1nc([C@@H]2CCC(F)(F)C[C@H]2C(=O)NC2(C#N)CC2)c(-c2ccc(N3CCS(O)(O)CC3)cc2)o1. The number of oxazole rings is 1. The van der Waals surface area contributed by atoms with Crippen molar-refractivity contribution in [2.75, 3.05) is 29.5 Å². The molecule has 2 heterocycles. The van der Waals surface area contributed by atoms with Crippen LogP contribution in [0.1, 0.15) is 70.4 Å². The average Bonchev–Trinajstić information content (AvgIpc) is 3.49. The summed E-state index contributed by atoms with van der Waals surface area (Å²) in [7, 11) is -2.50. The van der Waals surface area contributed by atoms with Gasteiger partial charge >= 0.3 is 0 Å². The van der Waals surface area contributed by atoms with E-state index in [0.717, 1.165) is 11.3 Å². The summed E-state index contributed by atoms with van der Waals surface area (Å²) in [6, 6.07) is 9.75. The number of halogens is 2. The van der Waals surface area contributed by atoms with Gasteiger partial charge in [-0.05, 0) is 43.5 Å². The molecule has 1 aromatic heterocycles. The Morgan fingerprint density at radius 3 is 2.38 bits per heavy atom. The van der Waals surface area contributed by atoms with Crippen molar-refractivity contribution in [3.05, 3.63) is 35.9 Å². The van der Waals surface area contributed by atoms with Crippen molar-refractivity contribution >= 4 is 22.2 Å². The van der Waals surface area contributed by atoms with Gasteiger partial charge in [0.25, 0.3) is 0 Å². The van der Waals surface area contributed by atoms with Crippen LogP contribution < -0.4 is 10.2 Å². The minimum absolute atomic E-state index is 0.0754. The van der Waals surface area contributed by atoms with E-state index < -0.39 is 51.6 Å². The van der Waals surface area contributed by atoms with Crippen LogP contribution in [0.5, 0.6) is 0 Å². The maximum absolute atomic E-state index is 14.6. The Morgan fingerprint density at radius 1 is 1.18 bits per heavy atom. The lowest BCUT2D eigenvalue weighted by molar-refractivity contribution is -0.134. The molecule has 212 valence electrons. The van der Waals surface area contributed by atoms with Gasteiger partial charge in [-0.25, -0.2) is 13.8 Å². The molecule has 8 nitrogen and oxygen atoms in total. The van der Waals surface area contributed by atoms with Crippen molar-refractivity contribution in [2.24, 2.45) is 5.92 Å². The average molecular weight is 563 g/mol. The Hall–Kier alpha value is -2.68. The molecule has 0 bridgehead atoms. The van der Waals surface area contributed by atoms with Gasteiger partial charge in [0.2, 0.25) is 17.7 Å². The molecule has 1 amide bonds. The number of alkyl halides is 2. The molecule has 3 N–H and O–H groups in total. The first-order valence-electron chi connectivity index (χ1n) is 13.4. The third-order valence-corrected chi connectivity index (χ3v) is 9.68. The second-order valence-corrected chi connectivity index (χ2v) is 14.6. The van der Waals surface area contributed by atoms with Crippen molar-refractivity contribution in [3.8, 4) is 17.4 Å². The number of carbonyl (C=O) groups is 1. The van der Waals surface area contributed by atoms with Crippen molar-refractivity contribution in [2.45, 2.75) is 75.7 Å². The van der Waals surface area contributed by atoms with Crippen LogP contribution in [-0.2, 0) is 10.2 Å². The number of benzene rings is 1. The smallest absolute Gasteiger partial charge is 0.249 e. The first-order valence-corrected chi connectivity index (χ1v) is 15.3. The molecule has 2 saturated carbocycles. The standard InChI is InChI=1S/C28H36F2N4O4S/c1-26(2,3)25-32-22(20-8-9-28(29,30)16-21(20)24(35)33-27(17-31)10-11-27)23(38-25)18-4-6-19(7-5-18)34-12-14-39(36,37)15-13-34/h4-7,20-21,36-37H,8-16H2,1-3H3,(H,33,35)/t20-,21-/m1/s1. The maximum atomic E-state index is 14.6. The summed E-state index contributed by atoms with van der Waals surface area (Å²) < 4.78 is 55.3. The zero-order valence-corrected chi connectivity index (χ0v) is 23.4. The molecule has 11 heteroatoms. The molecule has 2 atom stereocenters. The molecule has 2 aliphatic carbocycles. The third kappa shape index (κ3) is 5.93. The van der Waals surface area contributed by atoms with E-state index in [1.165, 1.54) is 0 Å². The summed E-state index contributed by atoms with van der Waals surface area (Å²) in [6.07, 6.45) is 0.166. The van der Waals surface area contributed by atoms with Gasteiger partial charge in [0, 0.05) is 48.5 Å². The van der Waals surface area contributed by atoms with E-state index in [0.29, 0.717) is 54.8 Å². The molecule has 39 heavy (non-hydrogen) atoms. The van der Waals surface area contributed by atoms with Gasteiger partial charge in [0.1, 0.15) is 5.54 Å². The lowest BCUT2D eigenvalue weighted by Crippen LogP contribution is -2.45. The van der Waals surface area contributed by atoms with Gasteiger partial charge in [-0.1, -0.05) is 20.8 Å². The minimum atomic E-state index is -2.98. The first-order chi connectivity index (χ1) is 18.2. The number of amides is 1. The predicted octanol–water partition coefficient (Wildman–Crippen LogP) is 5.90. The van der Waals surface area contributed by atoms with Crippen LogP contribution >= 0.6 is 10.6 Å². The molecule has 3 fully saturated rings. The van der Waals surface area contributed by atoms with Crippen LogP contribution in [0.15, 0.2) is 28.7 Å². The summed E-state index contributed by atoms with van der Waals surface area (Å²) in [6.45, 7) is 6.96. The summed E-state index contributed by atoms with van der Waals surface area (Å²) >= 11 is 0. The number of rotatable bonds is 5. The fourth-order valence-electron chi connectivity index (χ4n) is 5.37. The van der Waals surface area contributed by atoms with Crippen LogP contribution in [0.4, 0.5) is 14.5 Å². The van der Waals surface area contributed by atoms with Crippen molar-refractivity contribution < 1.29 is 27.1 Å². The molecule has 0 spiro atoms. The van der Waals surface area contributed by atoms with Gasteiger partial charge in [-0.3, -0.25) is 13.9 Å². The van der Waals surface area contributed by atoms with Crippen LogP contribution in [-0.4, -0.2) is 56.1 Å². The van der Waals surface area contributed by atoms with Crippen LogP contribution in [0, 0.1) is 17.2 Å². The van der Waals surface area contributed by atoms with Crippen LogP contribution in [0.2, 0.25) is 0 Å². The van der Waals surface area contributed by atoms with Gasteiger partial charge in [-0.15, -0.1) is 0 Å². The molecule has 0 radical (unpaired) electrons. The third-order valence-electron chi connectivity index (χ3n) is 8.01. The van der Waals surface area contributed by atoms with E-state index in [9.17, 15) is 27.9 Å². The van der Waals surface area contributed by atoms with Crippen LogP contribution in [0.3, 0.4) is 0 Å². The number of carbonyl (C=O) groups excluding carboxylic acids is 1. The molecule has 1 saturated heterocycles. The van der Waals surface area contributed by atoms with Gasteiger partial charge in [0.05, 0.1) is 29.2 Å². The van der Waals surface area contributed by atoms with Gasteiger partial charge < -0.3 is 14.6 Å². The maximum Gasteiger partial charge on any atom is 0.249 e. The lowest BCUT2D eigenvalue weighted by Gasteiger charge is -2.41. The Balaban J connectivity index is 1.48. The Kier molecular flexibility index (Phi) is 6.97. The molecule has 1 aromatic carbocycles. The summed E-state index contributed by atoms with van der Waals surface area (Å²) in [4.78, 5) is 20.2. The first kappa shape index (κ1) is 27.9. The van der Waals surface area contributed by atoms with Crippen LogP contribution in [0.25, 0.3) is 11.3 Å². The van der Waals surface area contributed by atoms with Gasteiger partial charge in [0.15, 0.2) is 5.76 Å². The van der Waals surface area contributed by atoms with E-state index in [1.807, 2.05) is 45.0 Å². The molecule has 5 rings (SSSR count). The summed E-state index contributed by atoms with van der Waals surface area (Å²) in [5.41, 5.74) is 0.767. The number of hydrogen-bond acceptors (Lipinski definition) is 7. The van der Waals surface area contributed by atoms with Crippen molar-refractivity contribution in [1.29, 1.82) is 5.26 Å². The van der Waals surface area contributed by atoms with Crippen molar-refractivity contribution in [3.63, 3.8) is 0 Å². The largest absolute Gasteiger partial charge is 0.440 e. The molecule has 0 unspecified atom stereocenters. The predicted molar refractivity (Wildman–Crippen MR) is 146 cm³/mol. The number of nitrogens with zero attached hydrogens (tertiary/aromatic N) is 3. The normalized spacial score (nSPS) is 26.4. The summed E-state index contributed by atoms with van der Waals surface area (Å²) in [5.74, 6) is -3.53. The second-order valence-electron chi connectivity index (χ2n) is 12.2. The molecular formula is C28H36F2N4O4S. The van der Waals surface area contributed by atoms with E-state index in [2.05, 4.69) is 16.3 Å². The van der Waals surface area contributed by atoms with Crippen molar-refractivity contribution in [1.82, 2.24) is 10.3 Å². The number of aromatic nitrogens is 1. The number of nitriles is 1. The molecule has 2 aromatic rings. The zero-order valence-electron chi connectivity index (χ0n) is 22.5. The lowest BCUT2D eigenvalue weighted by atomic mass is 9.74. The van der Waals surface area contributed by atoms with Gasteiger partial charge in [-0.2, -0.15) is 15.9 Å². The highest BCUT2D eigenvalue weighted by Crippen LogP contribution is 2.49. The highest BCUT2D eigenvalue weighted by Gasteiger charge is 2.51. The number of anilines is 1. The molecule has 1 aliphatic heterocycles. The second kappa shape index (κ2) is 9.75. The Bertz CT molecular complexity index is 1270. The van der Waals surface area contributed by atoms with E-state index >= 15 is 0 Å².